The monoisotopic (exact) mass is 471 g/mol. The molecule has 0 spiro atoms. The fraction of sp³-hybridized carbons (Fsp3) is 0.647. The summed E-state index contributed by atoms with van der Waals surface area (Å²) in [5, 5.41) is 1.98. The average molecular weight is 474 g/mol. The van der Waals surface area contributed by atoms with Gasteiger partial charge in [0.25, 0.3) is 11.8 Å². The molecule has 4 bridgehead atoms. The Morgan fingerprint density at radius 3 is 2.07 bits per heavy atom. The van der Waals surface area contributed by atoms with Crippen LogP contribution >= 0.6 is 58.0 Å². The van der Waals surface area contributed by atoms with Crippen molar-refractivity contribution >= 4 is 69.8 Å². The summed E-state index contributed by atoms with van der Waals surface area (Å²) in [4.78, 5) is 29.2. The SMILES string of the molecule is C/C(Cl)=C\CON1C(=O)[C@@H]2[C@H]3O[C@@H]([C@@H]2C1=O)[C@@H]1[C@H]3[C@@]2(Cl)C[C@@]1(Cl)C(Cl)=C2Cl. The Kier molecular flexibility index (Phi) is 4.06. The van der Waals surface area contributed by atoms with Crippen molar-refractivity contribution in [2.45, 2.75) is 35.3 Å². The Morgan fingerprint density at radius 1 is 1.15 bits per heavy atom. The van der Waals surface area contributed by atoms with Crippen LogP contribution in [-0.2, 0) is 19.2 Å². The molecule has 3 heterocycles. The summed E-state index contributed by atoms with van der Waals surface area (Å²) in [5.41, 5.74) is 0. The highest BCUT2D eigenvalue weighted by Gasteiger charge is 2.82. The van der Waals surface area contributed by atoms with Gasteiger partial charge in [-0.3, -0.25) is 14.4 Å². The zero-order chi connectivity index (χ0) is 19.5. The lowest BCUT2D eigenvalue weighted by atomic mass is 9.65. The smallest absolute Gasteiger partial charge is 0.260 e. The molecule has 2 amide bonds. The molecule has 0 unspecified atom stereocenters. The number of ether oxygens (including phenoxy) is 1. The number of allylic oxidation sites excluding steroid dienone is 3. The van der Waals surface area contributed by atoms with E-state index in [0.29, 0.717) is 21.5 Å². The van der Waals surface area contributed by atoms with Crippen molar-refractivity contribution in [2.24, 2.45) is 23.7 Å². The summed E-state index contributed by atoms with van der Waals surface area (Å²) in [6.45, 7) is 1.70. The topological polar surface area (TPSA) is 55.8 Å². The number of halogens is 5. The van der Waals surface area contributed by atoms with Crippen LogP contribution in [0.15, 0.2) is 21.2 Å². The Balaban J connectivity index is 1.49. The Hall–Kier alpha value is -0.0100. The second-order valence-corrected chi connectivity index (χ2v) is 10.5. The highest BCUT2D eigenvalue weighted by molar-refractivity contribution is 6.51. The van der Waals surface area contributed by atoms with Gasteiger partial charge in [0.1, 0.15) is 0 Å². The van der Waals surface area contributed by atoms with Crippen LogP contribution < -0.4 is 0 Å². The number of amides is 2. The molecule has 0 radical (unpaired) electrons. The largest absolute Gasteiger partial charge is 0.373 e. The lowest BCUT2D eigenvalue weighted by Gasteiger charge is -2.40. The minimum atomic E-state index is -0.967. The number of rotatable bonds is 3. The summed E-state index contributed by atoms with van der Waals surface area (Å²) in [7, 11) is 0. The van der Waals surface area contributed by atoms with Gasteiger partial charge in [0.15, 0.2) is 0 Å². The second kappa shape index (κ2) is 5.78. The Morgan fingerprint density at radius 2 is 1.63 bits per heavy atom. The fourth-order valence-corrected chi connectivity index (χ4v) is 7.70. The van der Waals surface area contributed by atoms with Gasteiger partial charge >= 0.3 is 0 Å². The first kappa shape index (κ1) is 19.0. The maximum atomic E-state index is 12.9. The number of nitrogens with zero attached hydrogens (tertiary/aromatic N) is 1. The minimum absolute atomic E-state index is 0.0212. The van der Waals surface area contributed by atoms with E-state index in [0.717, 1.165) is 5.06 Å². The molecule has 2 aliphatic carbocycles. The molecule has 8 atom stereocenters. The van der Waals surface area contributed by atoms with Gasteiger partial charge in [0, 0.05) is 16.9 Å². The number of hydroxylamine groups is 2. The van der Waals surface area contributed by atoms with Crippen molar-refractivity contribution in [3.05, 3.63) is 21.2 Å². The van der Waals surface area contributed by atoms with Gasteiger partial charge in [-0.2, -0.15) is 5.06 Å². The fourth-order valence-electron chi connectivity index (χ4n) is 5.62. The normalized spacial score (nSPS) is 50.3. The summed E-state index contributed by atoms with van der Waals surface area (Å²) in [6, 6.07) is 0. The molecule has 5 nitrogen and oxygen atoms in total. The van der Waals surface area contributed by atoms with Gasteiger partial charge in [0.05, 0.1) is 50.5 Å². The van der Waals surface area contributed by atoms with E-state index in [1.54, 1.807) is 13.0 Å². The first-order chi connectivity index (χ1) is 12.6. The van der Waals surface area contributed by atoms with Crippen molar-refractivity contribution in [1.82, 2.24) is 5.06 Å². The van der Waals surface area contributed by atoms with Gasteiger partial charge in [-0.1, -0.05) is 34.8 Å². The molecule has 146 valence electrons. The molecule has 5 rings (SSSR count). The first-order valence-corrected chi connectivity index (χ1v) is 10.4. The number of imide groups is 1. The lowest BCUT2D eigenvalue weighted by Crippen LogP contribution is -2.50. The van der Waals surface area contributed by atoms with Crippen LogP contribution in [-0.4, -0.2) is 45.4 Å². The van der Waals surface area contributed by atoms with Crippen molar-refractivity contribution in [2.75, 3.05) is 6.61 Å². The van der Waals surface area contributed by atoms with E-state index >= 15 is 0 Å². The molecule has 5 aliphatic rings. The molecule has 3 aliphatic heterocycles. The zero-order valence-corrected chi connectivity index (χ0v) is 17.7. The number of carbonyl (C=O) groups excluding carboxylic acids is 2. The highest BCUT2D eigenvalue weighted by atomic mass is 35.5. The molecule has 3 saturated heterocycles. The van der Waals surface area contributed by atoms with Crippen LogP contribution in [0.4, 0.5) is 0 Å². The van der Waals surface area contributed by atoms with Gasteiger partial charge < -0.3 is 4.74 Å². The van der Waals surface area contributed by atoms with Crippen molar-refractivity contribution in [3.63, 3.8) is 0 Å². The predicted octanol–water partition coefficient (Wildman–Crippen LogP) is 3.74. The Bertz CT molecular complexity index is 787. The van der Waals surface area contributed by atoms with Crippen LogP contribution in [0, 0.1) is 23.7 Å². The molecule has 27 heavy (non-hydrogen) atoms. The summed E-state index contributed by atoms with van der Waals surface area (Å²) < 4.78 is 6.08. The van der Waals surface area contributed by atoms with E-state index in [4.69, 9.17) is 67.6 Å². The molecule has 10 heteroatoms. The number of alkyl halides is 2. The van der Waals surface area contributed by atoms with Crippen LogP contribution in [0.1, 0.15) is 13.3 Å². The van der Waals surface area contributed by atoms with E-state index in [1.165, 1.54) is 0 Å². The summed E-state index contributed by atoms with van der Waals surface area (Å²) in [6.07, 6.45) is 0.851. The predicted molar refractivity (Wildman–Crippen MR) is 101 cm³/mol. The number of hydrogen-bond acceptors (Lipinski definition) is 4. The number of hydrogen-bond donors (Lipinski definition) is 0. The van der Waals surface area contributed by atoms with Crippen LogP contribution in [0.5, 0.6) is 0 Å². The maximum absolute atomic E-state index is 12.9. The third kappa shape index (κ3) is 2.12. The van der Waals surface area contributed by atoms with Gasteiger partial charge in [0.2, 0.25) is 0 Å². The Labute approximate surface area is 180 Å². The molecular weight excluding hydrogens is 459 g/mol. The van der Waals surface area contributed by atoms with E-state index in [-0.39, 0.29) is 18.4 Å². The average Bonchev–Trinajstić information content (AvgIpc) is 3.32. The van der Waals surface area contributed by atoms with Crippen LogP contribution in [0.2, 0.25) is 0 Å². The van der Waals surface area contributed by atoms with E-state index in [2.05, 4.69) is 0 Å². The third-order valence-electron chi connectivity index (χ3n) is 6.54. The standard InChI is InChI=1S/C17H14Cl5NO4/c1-5(18)2-3-26-23-14(24)6-7(15(23)25)11-9-8(10(6)27-11)16(21)4-17(9,22)13(20)12(16)19/h2,6-11H,3-4H2,1H3/b5-2+/t6-,7+,8+,9-,10+,11-,16-,17-/m0/s1. The quantitative estimate of drug-likeness (QED) is 0.463. The van der Waals surface area contributed by atoms with E-state index in [9.17, 15) is 9.59 Å². The molecule has 0 aromatic rings. The summed E-state index contributed by atoms with van der Waals surface area (Å²) >= 11 is 32.3. The highest BCUT2D eigenvalue weighted by Crippen LogP contribution is 2.75. The first-order valence-electron chi connectivity index (χ1n) is 8.55. The lowest BCUT2D eigenvalue weighted by molar-refractivity contribution is -0.189. The van der Waals surface area contributed by atoms with Crippen molar-refractivity contribution < 1.29 is 19.2 Å². The van der Waals surface area contributed by atoms with E-state index < -0.39 is 45.6 Å². The maximum Gasteiger partial charge on any atom is 0.260 e. The minimum Gasteiger partial charge on any atom is -0.373 e. The molecule has 0 aromatic carbocycles. The zero-order valence-electron chi connectivity index (χ0n) is 13.9. The van der Waals surface area contributed by atoms with Crippen LogP contribution in [0.25, 0.3) is 0 Å². The van der Waals surface area contributed by atoms with Crippen molar-refractivity contribution in [3.8, 4) is 0 Å². The van der Waals surface area contributed by atoms with E-state index in [1.807, 2.05) is 0 Å². The molecule has 1 saturated carbocycles. The number of carbonyl (C=O) groups is 2. The van der Waals surface area contributed by atoms with Gasteiger partial charge in [-0.25, -0.2) is 0 Å². The van der Waals surface area contributed by atoms with Gasteiger partial charge in [-0.15, -0.1) is 23.2 Å². The molecule has 0 N–H and O–H groups in total. The van der Waals surface area contributed by atoms with Crippen molar-refractivity contribution in [1.29, 1.82) is 0 Å². The third-order valence-corrected chi connectivity index (χ3v) is 9.18. The number of fused-ring (bicyclic) bond motifs is 12. The molecule has 4 fully saturated rings. The van der Waals surface area contributed by atoms with Crippen LogP contribution in [0.3, 0.4) is 0 Å². The second-order valence-electron chi connectivity index (χ2n) is 7.76. The summed E-state index contributed by atoms with van der Waals surface area (Å²) in [5.74, 6) is -2.70. The molecule has 0 aromatic heterocycles. The molecular formula is C17H14Cl5NO4. The van der Waals surface area contributed by atoms with Gasteiger partial charge in [-0.05, 0) is 19.4 Å².